The summed E-state index contributed by atoms with van der Waals surface area (Å²) in [4.78, 5) is 15.6. The van der Waals surface area contributed by atoms with E-state index in [4.69, 9.17) is 47.0 Å². The average molecular weight is 683 g/mol. The van der Waals surface area contributed by atoms with Gasteiger partial charge in [-0.1, -0.05) is 46.9 Å². The number of nitrogens with zero attached hydrogens (tertiary/aromatic N) is 4. The van der Waals surface area contributed by atoms with Crippen molar-refractivity contribution in [2.75, 3.05) is 18.2 Å². The lowest BCUT2D eigenvalue weighted by Crippen LogP contribution is -1.98. The van der Waals surface area contributed by atoms with E-state index in [0.29, 0.717) is 21.8 Å². The van der Waals surface area contributed by atoms with E-state index in [1.54, 1.807) is 12.1 Å². The maximum Gasteiger partial charge on any atom is 0.165 e. The number of hydrogen-bond acceptors (Lipinski definition) is 10. The smallest absolute Gasteiger partial charge is 0.165 e. The maximum absolute atomic E-state index is 13.9. The molecule has 6 rings (SSSR count). The molecule has 6 aromatic rings. The first-order valence-electron chi connectivity index (χ1n) is 12.8. The third-order valence-electron chi connectivity index (χ3n) is 5.60. The van der Waals surface area contributed by atoms with E-state index in [2.05, 4.69) is 25.3 Å². The molecule has 0 saturated heterocycles. The van der Waals surface area contributed by atoms with Crippen molar-refractivity contribution in [2.45, 2.75) is 0 Å². The Kier molecular flexibility index (Phi) is 11.5. The van der Waals surface area contributed by atoms with Gasteiger partial charge in [0.25, 0.3) is 0 Å². The van der Waals surface area contributed by atoms with Crippen LogP contribution in [0, 0.1) is 11.6 Å². The van der Waals surface area contributed by atoms with E-state index in [0.717, 1.165) is 0 Å². The minimum absolute atomic E-state index is 0.0150. The fraction of sp³-hybridized carbons (Fsp3) is 0.0345. The minimum atomic E-state index is -1.00. The van der Waals surface area contributed by atoms with Crippen LogP contribution >= 0.6 is 34.8 Å². The van der Waals surface area contributed by atoms with Crippen molar-refractivity contribution in [3.63, 3.8) is 0 Å². The lowest BCUT2D eigenvalue weighted by atomic mass is 10.2. The summed E-state index contributed by atoms with van der Waals surface area (Å²) in [6.07, 6.45) is 2.56. The third kappa shape index (κ3) is 8.56. The van der Waals surface area contributed by atoms with Gasteiger partial charge >= 0.3 is 0 Å². The van der Waals surface area contributed by atoms with Crippen molar-refractivity contribution in [1.29, 1.82) is 0 Å². The zero-order valence-corrected chi connectivity index (χ0v) is 24.8. The van der Waals surface area contributed by atoms with Crippen LogP contribution < -0.4 is 11.1 Å². The van der Waals surface area contributed by atoms with Gasteiger partial charge in [-0.05, 0) is 36.4 Å². The van der Waals surface area contributed by atoms with E-state index in [9.17, 15) is 28.5 Å². The Labute approximate surface area is 269 Å². The molecule has 0 aliphatic carbocycles. The van der Waals surface area contributed by atoms with Crippen molar-refractivity contribution in [2.24, 2.45) is 0 Å². The molecular weight excluding hydrogens is 660 g/mol. The summed E-state index contributed by atoms with van der Waals surface area (Å²) in [6, 6.07) is 14.3. The van der Waals surface area contributed by atoms with Gasteiger partial charge in [-0.15, -0.1) is 0 Å². The van der Waals surface area contributed by atoms with E-state index in [-0.39, 0.29) is 55.4 Å². The maximum atomic E-state index is 13.9. The first kappa shape index (κ1) is 32.9. The SMILES string of the molecule is Nc1cccc(Cl)c1F.Oc1cc2ncnc(Cl)c2cc1O.Oc1cc2ncnc(Nc3cccc(Cl)c3F)c2cc1O.[2H]CF. The van der Waals surface area contributed by atoms with Crippen molar-refractivity contribution < 1.29 is 35.0 Å². The van der Waals surface area contributed by atoms with Gasteiger partial charge in [0.05, 0.1) is 41.0 Å². The summed E-state index contributed by atoms with van der Waals surface area (Å²) in [6.45, 7) is 0. The lowest BCUT2D eigenvalue weighted by molar-refractivity contribution is 0.405. The highest BCUT2D eigenvalue weighted by Crippen LogP contribution is 2.34. The van der Waals surface area contributed by atoms with Crippen LogP contribution in [0.25, 0.3) is 21.8 Å². The van der Waals surface area contributed by atoms with Gasteiger partial charge < -0.3 is 31.5 Å². The largest absolute Gasteiger partial charge is 0.504 e. The number of nitrogens with two attached hydrogens (primary N) is 1. The summed E-state index contributed by atoms with van der Waals surface area (Å²) in [5.74, 6) is -1.91. The second-order valence-corrected chi connectivity index (χ2v) is 9.64. The Morgan fingerprint density at radius 1 is 0.711 bits per heavy atom. The number of benzene rings is 4. The molecule has 0 unspecified atom stereocenters. The number of anilines is 3. The van der Waals surface area contributed by atoms with Gasteiger partial charge in [0.15, 0.2) is 34.6 Å². The number of aromatic nitrogens is 4. The summed E-state index contributed by atoms with van der Waals surface area (Å²) in [5.41, 5.74) is 6.30. The van der Waals surface area contributed by atoms with Crippen LogP contribution in [0.1, 0.15) is 1.37 Å². The fourth-order valence-electron chi connectivity index (χ4n) is 3.48. The molecule has 2 aromatic heterocycles. The number of fused-ring (bicyclic) bond motifs is 2. The minimum Gasteiger partial charge on any atom is -0.504 e. The highest BCUT2D eigenvalue weighted by atomic mass is 35.5. The van der Waals surface area contributed by atoms with E-state index in [1.165, 1.54) is 61.2 Å². The number of nitrogen functional groups attached to an aromatic ring is 1. The summed E-state index contributed by atoms with van der Waals surface area (Å²) >= 11 is 16.8. The van der Waals surface area contributed by atoms with Crippen molar-refractivity contribution in [3.05, 3.63) is 100 Å². The topological polar surface area (TPSA) is 171 Å². The molecule has 10 nitrogen and oxygen atoms in total. The molecule has 0 spiro atoms. The molecule has 7 N–H and O–H groups in total. The van der Waals surface area contributed by atoms with Gasteiger partial charge in [-0.25, -0.2) is 28.7 Å². The number of halogens is 6. The second-order valence-electron chi connectivity index (χ2n) is 8.47. The van der Waals surface area contributed by atoms with Gasteiger partial charge in [0.1, 0.15) is 23.6 Å². The van der Waals surface area contributed by atoms with Crippen LogP contribution in [0.15, 0.2) is 73.3 Å². The van der Waals surface area contributed by atoms with Gasteiger partial charge in [-0.2, -0.15) is 0 Å². The van der Waals surface area contributed by atoms with Crippen LogP contribution in [0.3, 0.4) is 0 Å². The van der Waals surface area contributed by atoms with Crippen molar-refractivity contribution in [3.8, 4) is 23.0 Å². The van der Waals surface area contributed by atoms with E-state index in [1.807, 2.05) is 0 Å². The lowest BCUT2D eigenvalue weighted by Gasteiger charge is -2.10. The Morgan fingerprint density at radius 2 is 1.20 bits per heavy atom. The van der Waals surface area contributed by atoms with E-state index >= 15 is 0 Å². The quantitative estimate of drug-likeness (QED) is 0.0599. The summed E-state index contributed by atoms with van der Waals surface area (Å²) in [7, 11) is -1.00. The summed E-state index contributed by atoms with van der Waals surface area (Å²) in [5, 5.41) is 41.4. The molecular formula is C29H22Cl3F3N6O4. The predicted octanol–water partition coefficient (Wildman–Crippen LogP) is 7.92. The van der Waals surface area contributed by atoms with Crippen LogP contribution in [0.2, 0.25) is 15.2 Å². The van der Waals surface area contributed by atoms with Crippen LogP contribution in [0.5, 0.6) is 23.0 Å². The molecule has 234 valence electrons. The monoisotopic (exact) mass is 681 g/mol. The highest BCUT2D eigenvalue weighted by Gasteiger charge is 2.12. The molecule has 4 aromatic carbocycles. The predicted molar refractivity (Wildman–Crippen MR) is 168 cm³/mol. The number of rotatable bonds is 2. The fourth-order valence-corrected chi connectivity index (χ4v) is 4.03. The Balaban J connectivity index is 0.000000196. The summed E-state index contributed by atoms with van der Waals surface area (Å²) < 4.78 is 41.9. The number of aromatic hydroxyl groups is 4. The first-order chi connectivity index (χ1) is 21.9. The molecule has 0 bridgehead atoms. The number of phenolic OH excluding ortho intramolecular Hbond substituents is 4. The number of nitrogens with one attached hydrogen (secondary N) is 1. The molecule has 0 radical (unpaired) electrons. The van der Waals surface area contributed by atoms with Gasteiger partial charge in [0, 0.05) is 22.9 Å². The third-order valence-corrected chi connectivity index (χ3v) is 6.49. The Bertz CT molecular complexity index is 1960. The Morgan fingerprint density at radius 3 is 1.78 bits per heavy atom. The molecule has 0 atom stereocenters. The van der Waals surface area contributed by atoms with Crippen molar-refractivity contribution in [1.82, 2.24) is 19.9 Å². The first-order valence-corrected chi connectivity index (χ1v) is 13.3. The number of hydrogen-bond donors (Lipinski definition) is 6. The molecule has 0 aliphatic rings. The number of phenols is 4. The molecule has 0 amide bonds. The zero-order chi connectivity index (χ0) is 34.0. The van der Waals surface area contributed by atoms with Crippen LogP contribution in [0.4, 0.5) is 30.4 Å². The second kappa shape index (κ2) is 15.7. The van der Waals surface area contributed by atoms with Gasteiger partial charge in [-0.3, -0.25) is 4.39 Å². The molecule has 2 heterocycles. The van der Waals surface area contributed by atoms with Crippen LogP contribution in [-0.4, -0.2) is 47.5 Å². The molecule has 0 fully saturated rings. The number of alkyl halides is 1. The van der Waals surface area contributed by atoms with Crippen molar-refractivity contribution >= 4 is 73.8 Å². The molecule has 0 aliphatic heterocycles. The Hall–Kier alpha value is -4.98. The van der Waals surface area contributed by atoms with E-state index < -0.39 is 18.8 Å². The normalized spacial score (nSPS) is 10.4. The average Bonchev–Trinajstić information content (AvgIpc) is 3.01. The highest BCUT2D eigenvalue weighted by molar-refractivity contribution is 6.34. The molecule has 45 heavy (non-hydrogen) atoms. The standard InChI is InChI=1S/C14H9ClFN3O2.C8H5ClN2O2.C6H5ClFN.CH3F/c15-8-2-1-3-9(13(8)16)19-14-7-4-11(20)12(21)5-10(7)17-6-18-14;9-8-4-1-6(12)7(13)2-5(4)10-3-11-8;7-4-2-1-3-5(9)6(4)8;1-2/h1-6,20-21H,(H,17,18,19);1-3,12-13H;1-3H,9H2;1H3/i;;;1D. The van der Waals surface area contributed by atoms with Crippen LogP contribution in [-0.2, 0) is 0 Å². The molecule has 16 heteroatoms. The van der Waals surface area contributed by atoms with Gasteiger partial charge in [0.2, 0.25) is 0 Å². The zero-order valence-electron chi connectivity index (χ0n) is 23.6. The molecule has 0 saturated carbocycles.